The van der Waals surface area contributed by atoms with Gasteiger partial charge in [-0.1, -0.05) is 43.9 Å². The second-order valence-electron chi connectivity index (χ2n) is 8.00. The zero-order valence-electron chi connectivity index (χ0n) is 15.9. The first-order valence-electron chi connectivity index (χ1n) is 10.3. The van der Waals surface area contributed by atoms with Gasteiger partial charge in [0.2, 0.25) is 0 Å². The van der Waals surface area contributed by atoms with Crippen LogP contribution in [-0.2, 0) is 6.42 Å². The van der Waals surface area contributed by atoms with E-state index in [1.54, 1.807) is 5.56 Å². The molecule has 0 radical (unpaired) electrons. The molecule has 24 heavy (non-hydrogen) atoms. The number of unbranched alkanes of at least 4 members (excludes halogenated alkanes) is 1. The number of benzene rings is 1. The Morgan fingerprint density at radius 3 is 2.67 bits per heavy atom. The number of aryl methyl sites for hydroxylation is 2. The van der Waals surface area contributed by atoms with Crippen molar-refractivity contribution in [2.45, 2.75) is 65.2 Å². The number of anilines is 1. The molecular formula is C22H36N2. The van der Waals surface area contributed by atoms with Gasteiger partial charge in [0.25, 0.3) is 0 Å². The predicted octanol–water partition coefficient (Wildman–Crippen LogP) is 5.04. The Balaban J connectivity index is 1.40. The molecule has 2 heterocycles. The molecule has 1 saturated heterocycles. The summed E-state index contributed by atoms with van der Waals surface area (Å²) in [5.74, 6) is 1.01. The Morgan fingerprint density at radius 2 is 1.88 bits per heavy atom. The van der Waals surface area contributed by atoms with Crippen LogP contribution in [0.4, 0.5) is 5.69 Å². The maximum atomic E-state index is 2.71. The molecule has 134 valence electrons. The van der Waals surface area contributed by atoms with E-state index in [4.69, 9.17) is 0 Å². The lowest BCUT2D eigenvalue weighted by molar-refractivity contribution is 0.176. The van der Waals surface area contributed by atoms with E-state index in [0.29, 0.717) is 0 Å². The van der Waals surface area contributed by atoms with Gasteiger partial charge in [-0.2, -0.15) is 0 Å². The van der Waals surface area contributed by atoms with E-state index < -0.39 is 0 Å². The normalized spacial score (nSPS) is 19.5. The van der Waals surface area contributed by atoms with E-state index in [-0.39, 0.29) is 0 Å². The molecule has 0 unspecified atom stereocenters. The van der Waals surface area contributed by atoms with Gasteiger partial charge in [-0.3, -0.25) is 0 Å². The second kappa shape index (κ2) is 8.89. The number of hydrogen-bond donors (Lipinski definition) is 0. The molecule has 1 aromatic rings. The second-order valence-corrected chi connectivity index (χ2v) is 8.00. The minimum Gasteiger partial charge on any atom is -0.371 e. The molecule has 0 amide bonds. The van der Waals surface area contributed by atoms with Crippen LogP contribution in [0.1, 0.15) is 63.0 Å². The molecule has 3 rings (SSSR count). The van der Waals surface area contributed by atoms with Gasteiger partial charge < -0.3 is 9.80 Å². The predicted molar refractivity (Wildman–Crippen MR) is 105 cm³/mol. The average Bonchev–Trinajstić information content (AvgIpc) is 2.61. The van der Waals surface area contributed by atoms with Crippen LogP contribution in [0.5, 0.6) is 0 Å². The van der Waals surface area contributed by atoms with E-state index in [1.165, 1.54) is 95.3 Å². The highest BCUT2D eigenvalue weighted by molar-refractivity contribution is 5.56. The summed E-state index contributed by atoms with van der Waals surface area (Å²) in [5, 5.41) is 0. The lowest BCUT2D eigenvalue weighted by Gasteiger charge is -2.34. The molecule has 0 saturated carbocycles. The maximum absolute atomic E-state index is 2.71. The minimum atomic E-state index is 1.01. The van der Waals surface area contributed by atoms with Gasteiger partial charge in [0.15, 0.2) is 0 Å². The van der Waals surface area contributed by atoms with Gasteiger partial charge in [0.1, 0.15) is 0 Å². The molecule has 0 spiro atoms. The van der Waals surface area contributed by atoms with Crippen LogP contribution in [0, 0.1) is 12.8 Å². The molecule has 0 bridgehead atoms. The van der Waals surface area contributed by atoms with Gasteiger partial charge in [-0.15, -0.1) is 0 Å². The third kappa shape index (κ3) is 4.75. The number of rotatable bonds is 7. The number of piperidine rings is 1. The quantitative estimate of drug-likeness (QED) is 0.692. The van der Waals surface area contributed by atoms with Crippen LogP contribution < -0.4 is 4.90 Å². The Morgan fingerprint density at radius 1 is 1.04 bits per heavy atom. The van der Waals surface area contributed by atoms with Gasteiger partial charge in [-0.05, 0) is 76.2 Å². The van der Waals surface area contributed by atoms with Crippen LogP contribution in [0.2, 0.25) is 0 Å². The fraction of sp³-hybridized carbons (Fsp3) is 0.727. The SMILES string of the molecule is CCCCC1CCN(CCCN2CCCc3cc(C)ccc32)CC1. The summed E-state index contributed by atoms with van der Waals surface area (Å²) in [4.78, 5) is 5.34. The molecule has 2 aliphatic heterocycles. The lowest BCUT2D eigenvalue weighted by atomic mass is 9.91. The summed E-state index contributed by atoms with van der Waals surface area (Å²) in [6.45, 7) is 11.0. The molecule has 0 atom stereocenters. The third-order valence-electron chi connectivity index (χ3n) is 6.03. The van der Waals surface area contributed by atoms with E-state index in [9.17, 15) is 0 Å². The first-order valence-corrected chi connectivity index (χ1v) is 10.3. The van der Waals surface area contributed by atoms with Crippen molar-refractivity contribution in [3.63, 3.8) is 0 Å². The summed E-state index contributed by atoms with van der Waals surface area (Å²) in [7, 11) is 0. The van der Waals surface area contributed by atoms with E-state index in [2.05, 4.69) is 41.8 Å². The van der Waals surface area contributed by atoms with Crippen LogP contribution in [0.3, 0.4) is 0 Å². The van der Waals surface area contributed by atoms with Crippen molar-refractivity contribution in [2.24, 2.45) is 5.92 Å². The standard InChI is InChI=1S/C22H36N2/c1-3-4-7-20-11-16-23(17-12-20)13-6-15-24-14-5-8-21-18-19(2)9-10-22(21)24/h9-10,18,20H,3-8,11-17H2,1-2H3. The van der Waals surface area contributed by atoms with Gasteiger partial charge in [0.05, 0.1) is 0 Å². The van der Waals surface area contributed by atoms with Gasteiger partial charge >= 0.3 is 0 Å². The average molecular weight is 329 g/mol. The number of nitrogens with zero attached hydrogens (tertiary/aromatic N) is 2. The topological polar surface area (TPSA) is 6.48 Å². The van der Waals surface area contributed by atoms with Crippen LogP contribution in [0.25, 0.3) is 0 Å². The summed E-state index contributed by atoms with van der Waals surface area (Å²) >= 11 is 0. The van der Waals surface area contributed by atoms with Crippen molar-refractivity contribution in [3.8, 4) is 0 Å². The van der Waals surface area contributed by atoms with Crippen molar-refractivity contribution >= 4 is 5.69 Å². The van der Waals surface area contributed by atoms with E-state index in [1.807, 2.05) is 0 Å². The summed E-state index contributed by atoms with van der Waals surface area (Å²) in [6.07, 6.45) is 11.0. The smallest absolute Gasteiger partial charge is 0.0398 e. The molecule has 1 fully saturated rings. The Bertz CT molecular complexity index is 503. The zero-order valence-corrected chi connectivity index (χ0v) is 15.9. The van der Waals surface area contributed by atoms with Gasteiger partial charge in [-0.25, -0.2) is 0 Å². The summed E-state index contributed by atoms with van der Waals surface area (Å²) in [6, 6.07) is 7.02. The highest BCUT2D eigenvalue weighted by Gasteiger charge is 2.20. The first-order chi connectivity index (χ1) is 11.8. The fourth-order valence-corrected chi connectivity index (χ4v) is 4.51. The lowest BCUT2D eigenvalue weighted by Crippen LogP contribution is -2.37. The highest BCUT2D eigenvalue weighted by atomic mass is 15.2. The van der Waals surface area contributed by atoms with Crippen LogP contribution in [0.15, 0.2) is 18.2 Å². The van der Waals surface area contributed by atoms with Crippen molar-refractivity contribution < 1.29 is 0 Å². The Labute approximate surface area is 149 Å². The third-order valence-corrected chi connectivity index (χ3v) is 6.03. The molecule has 0 aliphatic carbocycles. The molecule has 2 nitrogen and oxygen atoms in total. The van der Waals surface area contributed by atoms with Gasteiger partial charge in [0, 0.05) is 18.8 Å². The number of fused-ring (bicyclic) bond motifs is 1. The monoisotopic (exact) mass is 328 g/mol. The van der Waals surface area contributed by atoms with E-state index in [0.717, 1.165) is 5.92 Å². The number of hydrogen-bond acceptors (Lipinski definition) is 2. The molecule has 2 heteroatoms. The van der Waals surface area contributed by atoms with Crippen molar-refractivity contribution in [1.29, 1.82) is 0 Å². The van der Waals surface area contributed by atoms with Crippen molar-refractivity contribution in [3.05, 3.63) is 29.3 Å². The van der Waals surface area contributed by atoms with Crippen LogP contribution in [-0.4, -0.2) is 37.6 Å². The first kappa shape index (κ1) is 17.8. The molecule has 0 N–H and O–H groups in total. The fourth-order valence-electron chi connectivity index (χ4n) is 4.51. The zero-order chi connectivity index (χ0) is 16.8. The van der Waals surface area contributed by atoms with Crippen LogP contribution >= 0.6 is 0 Å². The Kier molecular flexibility index (Phi) is 6.59. The minimum absolute atomic E-state index is 1.01. The number of likely N-dealkylation sites (tertiary alicyclic amines) is 1. The Hall–Kier alpha value is -1.02. The van der Waals surface area contributed by atoms with Crippen molar-refractivity contribution in [2.75, 3.05) is 37.6 Å². The summed E-state index contributed by atoms with van der Waals surface area (Å²) in [5.41, 5.74) is 4.48. The van der Waals surface area contributed by atoms with E-state index >= 15 is 0 Å². The summed E-state index contributed by atoms with van der Waals surface area (Å²) < 4.78 is 0. The largest absolute Gasteiger partial charge is 0.371 e. The molecule has 0 aromatic heterocycles. The maximum Gasteiger partial charge on any atom is 0.0398 e. The molecule has 1 aromatic carbocycles. The van der Waals surface area contributed by atoms with Crippen molar-refractivity contribution in [1.82, 2.24) is 4.90 Å². The molecular weight excluding hydrogens is 292 g/mol. The highest BCUT2D eigenvalue weighted by Crippen LogP contribution is 2.28. The molecule has 2 aliphatic rings.